The van der Waals surface area contributed by atoms with E-state index in [-0.39, 0.29) is 0 Å². The molecule has 2 atom stereocenters. The lowest BCUT2D eigenvalue weighted by Crippen LogP contribution is -2.46. The molecular weight excluding hydrogens is 284 g/mol. The number of hydrogen-bond acceptors (Lipinski definition) is 4. The van der Waals surface area contributed by atoms with Crippen molar-refractivity contribution in [2.24, 2.45) is 0 Å². The maximum Gasteiger partial charge on any atom is 0.0604 e. The number of hydrogen-bond donors (Lipinski definition) is 3. The molecule has 2 aliphatic rings. The predicted octanol–water partition coefficient (Wildman–Crippen LogP) is 2.94. The normalized spacial score (nSPS) is 23.7. The number of nitrogens with zero attached hydrogens (tertiary/aromatic N) is 1. The lowest BCUT2D eigenvalue weighted by molar-refractivity contribution is 0.323. The second-order valence-corrected chi connectivity index (χ2v) is 7.04. The molecule has 2 unspecified atom stereocenters. The fraction of sp³-hybridized carbons (Fsp3) is 0.579. The summed E-state index contributed by atoms with van der Waals surface area (Å²) >= 11 is 0. The molecular formula is C19H30N4. The van der Waals surface area contributed by atoms with Crippen LogP contribution in [0.1, 0.15) is 32.6 Å². The first-order valence-electron chi connectivity index (χ1n) is 8.81. The van der Waals surface area contributed by atoms with Crippen LogP contribution in [0.4, 0.5) is 11.4 Å². The van der Waals surface area contributed by atoms with E-state index in [1.165, 1.54) is 31.4 Å². The van der Waals surface area contributed by atoms with E-state index in [0.717, 1.165) is 12.2 Å². The summed E-state index contributed by atoms with van der Waals surface area (Å²) in [5.41, 5.74) is 2.88. The highest BCUT2D eigenvalue weighted by Crippen LogP contribution is 2.41. The zero-order valence-electron chi connectivity index (χ0n) is 14.6. The van der Waals surface area contributed by atoms with Gasteiger partial charge in [-0.3, -0.25) is 0 Å². The van der Waals surface area contributed by atoms with E-state index in [4.69, 9.17) is 0 Å². The van der Waals surface area contributed by atoms with Crippen molar-refractivity contribution in [1.29, 1.82) is 0 Å². The standard InChI is InChI=1S/C19H30N4/c1-15(23(3)18-7-5-4-6-17(18)20-2)8-12-21-16-9-13-22-19(14-16)10-11-19/h4-8,12,15-16,20-22H,9-11,13-14H2,1-3H3/b12-8-. The molecule has 4 heteroatoms. The molecule has 0 amide bonds. The highest BCUT2D eigenvalue weighted by atomic mass is 15.1. The zero-order chi connectivity index (χ0) is 16.3. The summed E-state index contributed by atoms with van der Waals surface area (Å²) in [5.74, 6) is 0. The third kappa shape index (κ3) is 3.81. The van der Waals surface area contributed by atoms with Crippen LogP contribution in [0.15, 0.2) is 36.5 Å². The molecule has 126 valence electrons. The van der Waals surface area contributed by atoms with Crippen LogP contribution >= 0.6 is 0 Å². The molecule has 0 aromatic heterocycles. The smallest absolute Gasteiger partial charge is 0.0604 e. The fourth-order valence-corrected chi connectivity index (χ4v) is 3.50. The monoisotopic (exact) mass is 314 g/mol. The Bertz CT molecular complexity index is 550. The minimum absolute atomic E-state index is 0.341. The number of anilines is 2. The van der Waals surface area contributed by atoms with Gasteiger partial charge in [0.2, 0.25) is 0 Å². The molecule has 1 aromatic rings. The number of nitrogens with one attached hydrogen (secondary N) is 3. The Morgan fingerprint density at radius 2 is 2.13 bits per heavy atom. The maximum absolute atomic E-state index is 3.67. The third-order valence-electron chi connectivity index (χ3n) is 5.35. The molecule has 1 spiro atoms. The van der Waals surface area contributed by atoms with Crippen molar-refractivity contribution in [2.75, 3.05) is 30.9 Å². The third-order valence-corrected chi connectivity index (χ3v) is 5.35. The lowest BCUT2D eigenvalue weighted by Gasteiger charge is -2.31. The predicted molar refractivity (Wildman–Crippen MR) is 99.1 cm³/mol. The molecule has 1 saturated carbocycles. The Hall–Kier alpha value is -1.68. The molecule has 0 bridgehead atoms. The van der Waals surface area contributed by atoms with Crippen LogP contribution in [0.3, 0.4) is 0 Å². The number of benzene rings is 1. The first-order chi connectivity index (χ1) is 11.1. The number of likely N-dealkylation sites (N-methyl/N-ethyl adjacent to an activating group) is 1. The summed E-state index contributed by atoms with van der Waals surface area (Å²) in [7, 11) is 4.12. The summed E-state index contributed by atoms with van der Waals surface area (Å²) in [6, 6.07) is 9.39. The van der Waals surface area contributed by atoms with E-state index in [0.29, 0.717) is 17.6 Å². The molecule has 1 heterocycles. The van der Waals surface area contributed by atoms with Gasteiger partial charge in [-0.2, -0.15) is 0 Å². The van der Waals surface area contributed by atoms with Crippen molar-refractivity contribution < 1.29 is 0 Å². The minimum atomic E-state index is 0.341. The quantitative estimate of drug-likeness (QED) is 0.755. The van der Waals surface area contributed by atoms with Crippen LogP contribution in [0.5, 0.6) is 0 Å². The van der Waals surface area contributed by atoms with Crippen molar-refractivity contribution in [3.63, 3.8) is 0 Å². The Morgan fingerprint density at radius 1 is 1.35 bits per heavy atom. The molecule has 3 rings (SSSR count). The van der Waals surface area contributed by atoms with E-state index >= 15 is 0 Å². The van der Waals surface area contributed by atoms with Crippen LogP contribution < -0.4 is 20.9 Å². The number of para-hydroxylation sites is 2. The second-order valence-electron chi connectivity index (χ2n) is 7.04. The van der Waals surface area contributed by atoms with Gasteiger partial charge >= 0.3 is 0 Å². The molecule has 4 nitrogen and oxygen atoms in total. The van der Waals surface area contributed by atoms with E-state index in [1.807, 2.05) is 7.05 Å². The van der Waals surface area contributed by atoms with Gasteiger partial charge in [0.15, 0.2) is 0 Å². The Labute approximate surface area is 140 Å². The number of rotatable bonds is 6. The fourth-order valence-electron chi connectivity index (χ4n) is 3.50. The van der Waals surface area contributed by atoms with Crippen LogP contribution in [0, 0.1) is 0 Å². The van der Waals surface area contributed by atoms with Crippen molar-refractivity contribution >= 4 is 11.4 Å². The van der Waals surface area contributed by atoms with Gasteiger partial charge < -0.3 is 20.9 Å². The van der Waals surface area contributed by atoms with Crippen molar-refractivity contribution in [3.05, 3.63) is 36.5 Å². The molecule has 1 aromatic carbocycles. The molecule has 1 aliphatic heterocycles. The molecule has 1 aliphatic carbocycles. The Morgan fingerprint density at radius 3 is 2.87 bits per heavy atom. The van der Waals surface area contributed by atoms with Gasteiger partial charge in [0.1, 0.15) is 0 Å². The molecule has 2 fully saturated rings. The van der Waals surface area contributed by atoms with Crippen LogP contribution in [-0.4, -0.2) is 38.3 Å². The van der Waals surface area contributed by atoms with Gasteiger partial charge in [-0.1, -0.05) is 12.1 Å². The van der Waals surface area contributed by atoms with Gasteiger partial charge in [0, 0.05) is 31.7 Å². The molecule has 0 radical (unpaired) electrons. The highest BCUT2D eigenvalue weighted by Gasteiger charge is 2.45. The summed E-state index contributed by atoms with van der Waals surface area (Å²) in [6.07, 6.45) is 9.62. The molecule has 1 saturated heterocycles. The largest absolute Gasteiger partial charge is 0.388 e. The van der Waals surface area contributed by atoms with E-state index in [9.17, 15) is 0 Å². The topological polar surface area (TPSA) is 39.3 Å². The molecule has 23 heavy (non-hydrogen) atoms. The summed E-state index contributed by atoms with van der Waals surface area (Å²) < 4.78 is 0. The average Bonchev–Trinajstić information content (AvgIpc) is 3.32. The van der Waals surface area contributed by atoms with E-state index in [2.05, 4.69) is 71.4 Å². The summed E-state index contributed by atoms with van der Waals surface area (Å²) in [4.78, 5) is 2.30. The van der Waals surface area contributed by atoms with Crippen LogP contribution in [0.25, 0.3) is 0 Å². The van der Waals surface area contributed by atoms with Gasteiger partial charge in [-0.25, -0.2) is 0 Å². The Balaban J connectivity index is 1.54. The van der Waals surface area contributed by atoms with Gasteiger partial charge in [0.05, 0.1) is 11.4 Å². The SMILES string of the molecule is CNc1ccccc1N(C)C(C)/C=C\NC1CCNC2(CC2)C1. The number of piperidine rings is 1. The highest BCUT2D eigenvalue weighted by molar-refractivity contribution is 5.70. The average molecular weight is 314 g/mol. The van der Waals surface area contributed by atoms with Crippen LogP contribution in [0.2, 0.25) is 0 Å². The summed E-state index contributed by atoms with van der Waals surface area (Å²) in [5, 5.41) is 10.6. The summed E-state index contributed by atoms with van der Waals surface area (Å²) in [6.45, 7) is 3.38. The van der Waals surface area contributed by atoms with E-state index in [1.54, 1.807) is 0 Å². The van der Waals surface area contributed by atoms with Gasteiger partial charge in [0.25, 0.3) is 0 Å². The first kappa shape index (κ1) is 16.2. The maximum atomic E-state index is 3.67. The van der Waals surface area contributed by atoms with Crippen molar-refractivity contribution in [3.8, 4) is 0 Å². The Kier molecular flexibility index (Phi) is 4.81. The lowest BCUT2D eigenvalue weighted by atomic mass is 9.98. The van der Waals surface area contributed by atoms with Gasteiger partial charge in [-0.15, -0.1) is 0 Å². The van der Waals surface area contributed by atoms with Crippen molar-refractivity contribution in [1.82, 2.24) is 10.6 Å². The van der Waals surface area contributed by atoms with Crippen LogP contribution in [-0.2, 0) is 0 Å². The zero-order valence-corrected chi connectivity index (χ0v) is 14.6. The minimum Gasteiger partial charge on any atom is -0.388 e. The van der Waals surface area contributed by atoms with Crippen molar-refractivity contribution in [2.45, 2.75) is 50.2 Å². The first-order valence-corrected chi connectivity index (χ1v) is 8.81. The van der Waals surface area contributed by atoms with E-state index < -0.39 is 0 Å². The second kappa shape index (κ2) is 6.83. The van der Waals surface area contributed by atoms with Gasteiger partial charge in [-0.05, 0) is 63.6 Å². The molecule has 3 N–H and O–H groups in total.